The average molecular weight is 290 g/mol. The van der Waals surface area contributed by atoms with Crippen molar-refractivity contribution in [2.75, 3.05) is 6.54 Å². The Balaban J connectivity index is 1.79. The van der Waals surface area contributed by atoms with Crippen molar-refractivity contribution in [3.63, 3.8) is 0 Å². The molecule has 2 aromatic rings. The fourth-order valence-electron chi connectivity index (χ4n) is 2.46. The van der Waals surface area contributed by atoms with Crippen LogP contribution in [0.3, 0.4) is 0 Å². The van der Waals surface area contributed by atoms with Crippen molar-refractivity contribution in [2.24, 2.45) is 5.92 Å². The monoisotopic (exact) mass is 290 g/mol. The molecule has 106 valence electrons. The van der Waals surface area contributed by atoms with Crippen LogP contribution in [0, 0.1) is 5.92 Å². The summed E-state index contributed by atoms with van der Waals surface area (Å²) in [5.74, 6) is 1.24. The number of aryl methyl sites for hydroxylation is 1. The summed E-state index contributed by atoms with van der Waals surface area (Å²) in [6.07, 6.45) is 2.77. The minimum atomic E-state index is -0.116. The van der Waals surface area contributed by atoms with Crippen molar-refractivity contribution >= 4 is 17.2 Å². The van der Waals surface area contributed by atoms with Gasteiger partial charge in [0.15, 0.2) is 11.5 Å². The third kappa shape index (κ3) is 2.38. The molecule has 0 fully saturated rings. The molecule has 0 atom stereocenters. The minimum Gasteiger partial charge on any atom is -0.355 e. The highest BCUT2D eigenvalue weighted by Gasteiger charge is 2.27. The number of carbonyl (C=O) groups is 1. The molecule has 0 unspecified atom stereocenters. The molecule has 3 rings (SSSR count). The van der Waals surface area contributed by atoms with Gasteiger partial charge in [0.2, 0.25) is 0 Å². The topological polar surface area (TPSA) is 55.1 Å². The van der Waals surface area contributed by atoms with Crippen LogP contribution in [-0.2, 0) is 12.8 Å². The Labute approximate surface area is 122 Å². The normalized spacial score (nSPS) is 13.2. The highest BCUT2D eigenvalue weighted by Crippen LogP contribution is 2.37. The molecule has 2 aromatic heterocycles. The number of carbonyl (C=O) groups excluding carboxylic acids is 1. The second-order valence-corrected chi connectivity index (χ2v) is 6.54. The van der Waals surface area contributed by atoms with Crippen molar-refractivity contribution in [1.29, 1.82) is 0 Å². The molecule has 5 heteroatoms. The summed E-state index contributed by atoms with van der Waals surface area (Å²) < 4.78 is 5.42. The summed E-state index contributed by atoms with van der Waals surface area (Å²) in [5.41, 5.74) is 2.52. The van der Waals surface area contributed by atoms with Crippen molar-refractivity contribution < 1.29 is 9.32 Å². The van der Waals surface area contributed by atoms with Gasteiger partial charge in [-0.05, 0) is 36.6 Å². The SMILES string of the molecule is CC(C)CCNC(=O)c1noc2c1CCc1sccc1-2. The first kappa shape index (κ1) is 13.4. The number of rotatable bonds is 4. The molecule has 0 aliphatic heterocycles. The standard InChI is InChI=1S/C15H18N2O2S/c1-9(2)5-7-16-15(18)13-11-3-4-12-10(6-8-20-12)14(11)19-17-13/h6,8-9H,3-5,7H2,1-2H3,(H,16,18). The van der Waals surface area contributed by atoms with E-state index in [0.29, 0.717) is 18.2 Å². The molecule has 0 saturated heterocycles. The number of nitrogens with zero attached hydrogens (tertiary/aromatic N) is 1. The van der Waals surface area contributed by atoms with Gasteiger partial charge < -0.3 is 9.84 Å². The first-order valence-corrected chi connectivity index (χ1v) is 7.88. The molecule has 0 saturated carbocycles. The average Bonchev–Trinajstić information content (AvgIpc) is 3.03. The third-order valence-corrected chi connectivity index (χ3v) is 4.58. The van der Waals surface area contributed by atoms with Crippen LogP contribution in [0.1, 0.15) is 41.2 Å². The highest BCUT2D eigenvalue weighted by atomic mass is 32.1. The predicted octanol–water partition coefficient (Wildman–Crippen LogP) is 3.28. The van der Waals surface area contributed by atoms with Crippen LogP contribution in [0.4, 0.5) is 0 Å². The Morgan fingerprint density at radius 2 is 2.35 bits per heavy atom. The minimum absolute atomic E-state index is 0.116. The number of thiophene rings is 1. The van der Waals surface area contributed by atoms with E-state index in [2.05, 4.69) is 29.7 Å². The van der Waals surface area contributed by atoms with Crippen LogP contribution in [0.2, 0.25) is 0 Å². The van der Waals surface area contributed by atoms with Crippen molar-refractivity contribution in [1.82, 2.24) is 10.5 Å². The quantitative estimate of drug-likeness (QED) is 0.940. The van der Waals surface area contributed by atoms with Crippen LogP contribution in [-0.4, -0.2) is 17.6 Å². The zero-order valence-corrected chi connectivity index (χ0v) is 12.5. The lowest BCUT2D eigenvalue weighted by atomic mass is 9.95. The van der Waals surface area contributed by atoms with Crippen LogP contribution in [0.5, 0.6) is 0 Å². The molecule has 1 amide bonds. The summed E-state index contributed by atoms with van der Waals surface area (Å²) in [7, 11) is 0. The van der Waals surface area contributed by atoms with E-state index in [1.165, 1.54) is 4.88 Å². The van der Waals surface area contributed by atoms with Gasteiger partial charge in [-0.25, -0.2) is 0 Å². The lowest BCUT2D eigenvalue weighted by molar-refractivity contribution is 0.0942. The first-order chi connectivity index (χ1) is 9.66. The summed E-state index contributed by atoms with van der Waals surface area (Å²) in [4.78, 5) is 13.5. The summed E-state index contributed by atoms with van der Waals surface area (Å²) >= 11 is 1.74. The van der Waals surface area contributed by atoms with Crippen LogP contribution >= 0.6 is 11.3 Å². The number of hydrogen-bond donors (Lipinski definition) is 1. The van der Waals surface area contributed by atoms with E-state index in [1.54, 1.807) is 11.3 Å². The van der Waals surface area contributed by atoms with E-state index in [0.717, 1.165) is 36.1 Å². The van der Waals surface area contributed by atoms with E-state index >= 15 is 0 Å². The maximum atomic E-state index is 12.2. The van der Waals surface area contributed by atoms with E-state index in [4.69, 9.17) is 4.52 Å². The second kappa shape index (κ2) is 5.40. The molecule has 1 aliphatic carbocycles. The smallest absolute Gasteiger partial charge is 0.273 e. The highest BCUT2D eigenvalue weighted by molar-refractivity contribution is 7.10. The van der Waals surface area contributed by atoms with Crippen molar-refractivity contribution in [2.45, 2.75) is 33.1 Å². The molecule has 20 heavy (non-hydrogen) atoms. The van der Waals surface area contributed by atoms with Crippen LogP contribution in [0.25, 0.3) is 11.3 Å². The number of aromatic nitrogens is 1. The Hall–Kier alpha value is -1.62. The Morgan fingerprint density at radius 1 is 1.50 bits per heavy atom. The third-order valence-electron chi connectivity index (χ3n) is 3.60. The van der Waals surface area contributed by atoms with Gasteiger partial charge >= 0.3 is 0 Å². The maximum Gasteiger partial charge on any atom is 0.273 e. The Morgan fingerprint density at radius 3 is 3.15 bits per heavy atom. The van der Waals surface area contributed by atoms with E-state index in [9.17, 15) is 4.79 Å². The fraction of sp³-hybridized carbons (Fsp3) is 0.467. The lowest BCUT2D eigenvalue weighted by Gasteiger charge is -2.10. The van der Waals surface area contributed by atoms with Crippen LogP contribution in [0.15, 0.2) is 16.0 Å². The number of amides is 1. The predicted molar refractivity (Wildman–Crippen MR) is 79.0 cm³/mol. The summed E-state index contributed by atoms with van der Waals surface area (Å²) in [6, 6.07) is 2.05. The summed E-state index contributed by atoms with van der Waals surface area (Å²) in [6.45, 7) is 4.96. The van der Waals surface area contributed by atoms with Gasteiger partial charge in [0.05, 0.1) is 0 Å². The molecule has 0 spiro atoms. The van der Waals surface area contributed by atoms with Gasteiger partial charge in [0, 0.05) is 22.5 Å². The van der Waals surface area contributed by atoms with Gasteiger partial charge in [-0.3, -0.25) is 4.79 Å². The molecule has 0 radical (unpaired) electrons. The molecular formula is C15H18N2O2S. The van der Waals surface area contributed by atoms with E-state index in [-0.39, 0.29) is 5.91 Å². The van der Waals surface area contributed by atoms with Gasteiger partial charge in [-0.1, -0.05) is 19.0 Å². The molecule has 4 nitrogen and oxygen atoms in total. The summed E-state index contributed by atoms with van der Waals surface area (Å²) in [5, 5.41) is 8.98. The van der Waals surface area contributed by atoms with Crippen molar-refractivity contribution in [3.8, 4) is 11.3 Å². The van der Waals surface area contributed by atoms with Crippen molar-refractivity contribution in [3.05, 3.63) is 27.6 Å². The lowest BCUT2D eigenvalue weighted by Crippen LogP contribution is -2.26. The molecular weight excluding hydrogens is 272 g/mol. The molecule has 0 aromatic carbocycles. The van der Waals surface area contributed by atoms with Gasteiger partial charge in [-0.15, -0.1) is 11.3 Å². The number of hydrogen-bond acceptors (Lipinski definition) is 4. The molecule has 1 N–H and O–H groups in total. The van der Waals surface area contributed by atoms with Gasteiger partial charge in [-0.2, -0.15) is 0 Å². The van der Waals surface area contributed by atoms with Gasteiger partial charge in [0.25, 0.3) is 5.91 Å². The first-order valence-electron chi connectivity index (χ1n) is 7.00. The zero-order valence-electron chi connectivity index (χ0n) is 11.7. The fourth-order valence-corrected chi connectivity index (χ4v) is 3.34. The van der Waals surface area contributed by atoms with E-state index < -0.39 is 0 Å². The van der Waals surface area contributed by atoms with E-state index in [1.807, 2.05) is 6.07 Å². The number of nitrogens with one attached hydrogen (secondary N) is 1. The Kier molecular flexibility index (Phi) is 3.61. The maximum absolute atomic E-state index is 12.2. The molecule has 2 heterocycles. The van der Waals surface area contributed by atoms with Crippen LogP contribution < -0.4 is 5.32 Å². The van der Waals surface area contributed by atoms with Gasteiger partial charge in [0.1, 0.15) is 0 Å². The second-order valence-electron chi connectivity index (χ2n) is 5.53. The molecule has 0 bridgehead atoms. The zero-order chi connectivity index (χ0) is 14.1. The Bertz CT molecular complexity index is 628. The largest absolute Gasteiger partial charge is 0.355 e. The molecule has 1 aliphatic rings. The number of fused-ring (bicyclic) bond motifs is 3.